The van der Waals surface area contributed by atoms with Crippen molar-refractivity contribution >= 4 is 38.8 Å². The van der Waals surface area contributed by atoms with Crippen molar-refractivity contribution < 1.29 is 26.7 Å². The van der Waals surface area contributed by atoms with Gasteiger partial charge in [0.1, 0.15) is 0 Å². The normalized spacial score (nSPS) is 3.38. The van der Waals surface area contributed by atoms with Gasteiger partial charge in [-0.15, -0.1) is 0 Å². The second-order valence-corrected chi connectivity index (χ2v) is 1.73. The maximum atomic E-state index is 7.50. The van der Waals surface area contributed by atoms with E-state index in [-0.39, 0.29) is 29.4 Å². The summed E-state index contributed by atoms with van der Waals surface area (Å²) in [6.07, 6.45) is 0. The van der Waals surface area contributed by atoms with E-state index in [0.29, 0.717) is 0 Å². The Kier molecular flexibility index (Phi) is 1030. The van der Waals surface area contributed by atoms with Crippen LogP contribution in [0.2, 0.25) is 0 Å². The molecule has 0 atom stereocenters. The van der Waals surface area contributed by atoms with Crippen LogP contribution >= 0.6 is 0 Å². The van der Waals surface area contributed by atoms with Gasteiger partial charge >= 0.3 is 17.1 Å². The van der Waals surface area contributed by atoms with Crippen molar-refractivity contribution in [1.29, 1.82) is 0 Å². The van der Waals surface area contributed by atoms with Crippen LogP contribution in [0.5, 0.6) is 0 Å². The monoisotopic (exact) mass is 266 g/mol. The van der Waals surface area contributed by atoms with Crippen LogP contribution in [0.1, 0.15) is 13.8 Å². The van der Waals surface area contributed by atoms with Gasteiger partial charge in [-0.2, -0.15) is 11.5 Å². The molecule has 7 heteroatoms. The Morgan fingerprint density at radius 3 is 0.846 bits per heavy atom. The summed E-state index contributed by atoms with van der Waals surface area (Å²) in [5.74, 6) is 1.67. The molecule has 4 N–H and O–H groups in total. The molecule has 0 aromatic heterocycles. The average Bonchev–Trinajstić information content (AvgIpc) is 1.99. The molecule has 0 aromatic rings. The first kappa shape index (κ1) is 50.0. The second-order valence-electron chi connectivity index (χ2n) is 0.577. The van der Waals surface area contributed by atoms with Crippen LogP contribution in [0.25, 0.3) is 12.3 Å². The summed E-state index contributed by atoms with van der Waals surface area (Å²) in [4.78, 5) is 15.0. The first-order valence-electron chi connectivity index (χ1n) is 2.40. The van der Waals surface area contributed by atoms with Crippen LogP contribution in [-0.4, -0.2) is 25.1 Å². The number of rotatable bonds is 0. The van der Waals surface area contributed by atoms with Crippen LogP contribution < -0.4 is 0 Å². The van der Waals surface area contributed by atoms with Gasteiger partial charge in [0.15, 0.2) is 0 Å². The zero-order chi connectivity index (χ0) is 9.41. The zero-order valence-corrected chi connectivity index (χ0v) is 10.3. The van der Waals surface area contributed by atoms with Crippen molar-refractivity contribution in [3.63, 3.8) is 0 Å². The Bertz CT molecular complexity index is 38.6. The zero-order valence-electron chi connectivity index (χ0n) is 7.56. The van der Waals surface area contributed by atoms with Gasteiger partial charge in [-0.25, -0.2) is 0 Å². The van der Waals surface area contributed by atoms with Crippen LogP contribution in [0, 0.1) is 0 Å². The third kappa shape index (κ3) is 5960. The third-order valence-corrected chi connectivity index (χ3v) is 0. The second kappa shape index (κ2) is 267. The summed E-state index contributed by atoms with van der Waals surface area (Å²) < 4.78 is 0. The van der Waals surface area contributed by atoms with Crippen LogP contribution in [0.4, 0.5) is 0 Å². The quantitative estimate of drug-likeness (QED) is 0.378. The molecule has 2 radical (unpaired) electrons. The molecule has 80 valence electrons. The fraction of sp³-hybridized carbons (Fsp3) is 0.667. The molecular weight excluding hydrogens is 252 g/mol. The molecule has 4 nitrogen and oxygen atoms in total. The average molecular weight is 266 g/mol. The van der Waals surface area contributed by atoms with Gasteiger partial charge in [0, 0.05) is 0 Å². The maximum Gasteiger partial charge on any atom is 6.00 e. The van der Waals surface area contributed by atoms with Crippen molar-refractivity contribution in [2.75, 3.05) is 11.5 Å². The van der Waals surface area contributed by atoms with Gasteiger partial charge in [-0.3, -0.25) is 0 Å². The fourth-order valence-electron chi connectivity index (χ4n) is 0. The topological polar surface area (TPSA) is 101 Å². The van der Waals surface area contributed by atoms with Crippen molar-refractivity contribution in [3.8, 4) is 0 Å². The molecule has 0 spiro atoms. The van der Waals surface area contributed by atoms with Crippen molar-refractivity contribution in [2.24, 2.45) is 0 Å². The predicted molar refractivity (Wildman–Crippen MR) is 57.8 cm³/mol. The van der Waals surface area contributed by atoms with Gasteiger partial charge in [-0.05, 0) is 0 Å². The molecule has 0 aliphatic carbocycles. The first-order chi connectivity index (χ1) is 4.83. The molecule has 13 heavy (non-hydrogen) atoms. The van der Waals surface area contributed by atoms with E-state index in [9.17, 15) is 0 Å². The molecule has 0 saturated heterocycles. The summed E-state index contributed by atoms with van der Waals surface area (Å²) in [7, 11) is 0. The van der Waals surface area contributed by atoms with Gasteiger partial charge in [0.2, 0.25) is 0 Å². The van der Waals surface area contributed by atoms with E-state index >= 15 is 0 Å². The largest absolute Gasteiger partial charge is 6.00 e. The molecule has 0 bridgehead atoms. The van der Waals surface area contributed by atoms with Crippen molar-refractivity contribution in [3.05, 3.63) is 12.3 Å². The SMILES string of the molecule is CC[S-].CC[S-].[C-]=O.[C-]=O.[Fe+6].[NH2-].[NH2-]. The van der Waals surface area contributed by atoms with E-state index in [1.54, 1.807) is 0 Å². The van der Waals surface area contributed by atoms with E-state index < -0.39 is 0 Å². The Balaban J connectivity index is -0.00000000698. The fourth-order valence-corrected chi connectivity index (χ4v) is 0. The van der Waals surface area contributed by atoms with Crippen molar-refractivity contribution in [1.82, 2.24) is 0 Å². The van der Waals surface area contributed by atoms with E-state index in [1.807, 2.05) is 13.8 Å². The third-order valence-electron chi connectivity index (χ3n) is 0. The molecule has 0 fully saturated rings. The van der Waals surface area contributed by atoms with E-state index in [2.05, 4.69) is 38.8 Å². The van der Waals surface area contributed by atoms with Gasteiger partial charge in [0.05, 0.1) is 0 Å². The molecule has 0 unspecified atom stereocenters. The van der Waals surface area contributed by atoms with Crippen LogP contribution in [-0.2, 0) is 51.9 Å². The molecule has 0 aliphatic heterocycles. The van der Waals surface area contributed by atoms with E-state index in [0.717, 1.165) is 11.5 Å². The molecular formula is C6H14FeN2O2S2. The molecule has 0 aromatic carbocycles. The minimum Gasteiger partial charge on any atom is -0.793 e. The van der Waals surface area contributed by atoms with Gasteiger partial charge in [0.25, 0.3) is 0 Å². The van der Waals surface area contributed by atoms with Crippen LogP contribution in [0.15, 0.2) is 0 Å². The standard InChI is InChI=1S/2C2H6S.2CO.Fe.2H2N/c2*1-2-3;2*1-2;;;/h2*3H,2H2,1H3;;;;2*1H2/q;;2*-1;+6;2*-1/p-2. The molecule has 0 amide bonds. The van der Waals surface area contributed by atoms with Crippen LogP contribution in [0.3, 0.4) is 0 Å². The Morgan fingerprint density at radius 2 is 0.846 bits per heavy atom. The Morgan fingerprint density at radius 1 is 0.846 bits per heavy atom. The minimum absolute atomic E-state index is 0. The number of hydrogen-bond donors (Lipinski definition) is 0. The maximum absolute atomic E-state index is 7.50. The summed E-state index contributed by atoms with van der Waals surface area (Å²) >= 11 is 8.79. The summed E-state index contributed by atoms with van der Waals surface area (Å²) in [6.45, 7) is 12.9. The Hall–Kier alpha value is 0.479. The predicted octanol–water partition coefficient (Wildman–Crippen LogP) is 1.74. The molecule has 0 heterocycles. The van der Waals surface area contributed by atoms with Gasteiger partial charge < -0.3 is 60.7 Å². The number of carbonyl (C=O) groups excluding carboxylic acids is 2. The first-order valence-corrected chi connectivity index (χ1v) is 3.55. The number of hydrogen-bond acceptors (Lipinski definition) is 4. The summed E-state index contributed by atoms with van der Waals surface area (Å²) in [6, 6.07) is 0. The van der Waals surface area contributed by atoms with E-state index in [1.165, 1.54) is 0 Å². The Labute approximate surface area is 103 Å². The smallest absolute Gasteiger partial charge is 0.793 e. The molecule has 0 saturated carbocycles. The molecule has 0 aliphatic rings. The number of nitrogens with two attached hydrogens (primary N) is 2. The summed E-state index contributed by atoms with van der Waals surface area (Å²) in [5.41, 5.74) is 0. The van der Waals surface area contributed by atoms with Crippen molar-refractivity contribution in [2.45, 2.75) is 13.8 Å². The summed E-state index contributed by atoms with van der Waals surface area (Å²) in [5, 5.41) is 0. The van der Waals surface area contributed by atoms with E-state index in [4.69, 9.17) is 9.59 Å². The molecule has 0 rings (SSSR count). The van der Waals surface area contributed by atoms with Gasteiger partial charge in [-0.1, -0.05) is 13.8 Å². The minimum atomic E-state index is 0.